The SMILES string of the molecule is CC(C)(C)c1ccccc1NC(=O)Nc1ccc(Br)o1. The van der Waals surface area contributed by atoms with Gasteiger partial charge in [-0.1, -0.05) is 39.0 Å². The largest absolute Gasteiger partial charge is 0.434 e. The summed E-state index contributed by atoms with van der Waals surface area (Å²) in [5.41, 5.74) is 1.83. The van der Waals surface area contributed by atoms with Crippen LogP contribution in [0.2, 0.25) is 0 Å². The molecule has 2 N–H and O–H groups in total. The van der Waals surface area contributed by atoms with Gasteiger partial charge in [0, 0.05) is 11.8 Å². The van der Waals surface area contributed by atoms with Crippen LogP contribution in [0.3, 0.4) is 0 Å². The van der Waals surface area contributed by atoms with Gasteiger partial charge in [-0.2, -0.15) is 0 Å². The Morgan fingerprint density at radius 2 is 1.80 bits per heavy atom. The Balaban J connectivity index is 2.12. The lowest BCUT2D eigenvalue weighted by Crippen LogP contribution is -2.22. The van der Waals surface area contributed by atoms with Gasteiger partial charge in [0.05, 0.1) is 0 Å². The summed E-state index contributed by atoms with van der Waals surface area (Å²) >= 11 is 3.19. The van der Waals surface area contributed by atoms with E-state index in [4.69, 9.17) is 4.42 Å². The van der Waals surface area contributed by atoms with Gasteiger partial charge in [0.1, 0.15) is 0 Å². The number of urea groups is 1. The van der Waals surface area contributed by atoms with Gasteiger partial charge < -0.3 is 9.73 Å². The van der Waals surface area contributed by atoms with E-state index in [0.717, 1.165) is 11.3 Å². The number of benzene rings is 1. The Morgan fingerprint density at radius 1 is 1.10 bits per heavy atom. The molecule has 0 fully saturated rings. The summed E-state index contributed by atoms with van der Waals surface area (Å²) in [4.78, 5) is 12.0. The number of hydrogen-bond acceptors (Lipinski definition) is 2. The maximum Gasteiger partial charge on any atom is 0.326 e. The van der Waals surface area contributed by atoms with Gasteiger partial charge in [-0.05, 0) is 39.0 Å². The lowest BCUT2D eigenvalue weighted by molar-refractivity contribution is 0.261. The standard InChI is InChI=1S/C15H17BrN2O2/c1-15(2,3)10-6-4-5-7-11(10)17-14(19)18-13-9-8-12(16)20-13/h4-9H,1-3H3,(H2,17,18,19). The number of amides is 2. The molecule has 2 amide bonds. The fraction of sp³-hybridized carbons (Fsp3) is 0.267. The van der Waals surface area contributed by atoms with Crippen LogP contribution >= 0.6 is 15.9 Å². The van der Waals surface area contributed by atoms with Crippen LogP contribution in [0.15, 0.2) is 45.5 Å². The minimum Gasteiger partial charge on any atom is -0.434 e. The second kappa shape index (κ2) is 5.71. The lowest BCUT2D eigenvalue weighted by Gasteiger charge is -2.22. The van der Waals surface area contributed by atoms with Crippen LogP contribution in [0.4, 0.5) is 16.4 Å². The van der Waals surface area contributed by atoms with Crippen molar-refractivity contribution in [1.82, 2.24) is 0 Å². The molecule has 1 heterocycles. The van der Waals surface area contributed by atoms with Crippen molar-refractivity contribution >= 4 is 33.5 Å². The molecule has 0 radical (unpaired) electrons. The average molecular weight is 337 g/mol. The minimum absolute atomic E-state index is 0.0441. The molecule has 0 saturated carbocycles. The summed E-state index contributed by atoms with van der Waals surface area (Å²) in [6, 6.07) is 10.8. The van der Waals surface area contributed by atoms with Crippen molar-refractivity contribution in [3.63, 3.8) is 0 Å². The molecule has 0 spiro atoms. The summed E-state index contributed by atoms with van der Waals surface area (Å²) in [5, 5.41) is 5.49. The molecule has 2 aromatic rings. The minimum atomic E-state index is -0.330. The molecular formula is C15H17BrN2O2. The van der Waals surface area contributed by atoms with Crippen LogP contribution < -0.4 is 10.6 Å². The maximum atomic E-state index is 12.0. The monoisotopic (exact) mass is 336 g/mol. The topological polar surface area (TPSA) is 54.3 Å². The second-order valence-electron chi connectivity index (χ2n) is 5.48. The third-order valence-corrected chi connectivity index (χ3v) is 3.22. The molecule has 0 unspecified atom stereocenters. The van der Waals surface area contributed by atoms with Crippen LogP contribution in [0.5, 0.6) is 0 Å². The van der Waals surface area contributed by atoms with Crippen molar-refractivity contribution in [2.24, 2.45) is 0 Å². The number of para-hydroxylation sites is 1. The molecule has 0 atom stereocenters. The highest BCUT2D eigenvalue weighted by Crippen LogP contribution is 2.29. The first kappa shape index (κ1) is 14.7. The zero-order valence-corrected chi connectivity index (χ0v) is 13.2. The zero-order valence-electron chi connectivity index (χ0n) is 11.7. The number of hydrogen-bond donors (Lipinski definition) is 2. The van der Waals surface area contributed by atoms with Gasteiger partial charge in [-0.25, -0.2) is 4.79 Å². The summed E-state index contributed by atoms with van der Waals surface area (Å²) < 4.78 is 5.81. The van der Waals surface area contributed by atoms with E-state index in [1.54, 1.807) is 12.1 Å². The highest BCUT2D eigenvalue weighted by Gasteiger charge is 2.18. The smallest absolute Gasteiger partial charge is 0.326 e. The van der Waals surface area contributed by atoms with E-state index >= 15 is 0 Å². The summed E-state index contributed by atoms with van der Waals surface area (Å²) in [7, 11) is 0. The molecule has 0 aliphatic rings. The molecule has 106 valence electrons. The Hall–Kier alpha value is -1.75. The predicted molar refractivity (Wildman–Crippen MR) is 84.2 cm³/mol. The van der Waals surface area contributed by atoms with Gasteiger partial charge in [0.15, 0.2) is 4.67 Å². The normalized spacial score (nSPS) is 11.2. The maximum absolute atomic E-state index is 12.0. The van der Waals surface area contributed by atoms with E-state index in [-0.39, 0.29) is 11.4 Å². The number of anilines is 2. The van der Waals surface area contributed by atoms with E-state index in [9.17, 15) is 4.79 Å². The van der Waals surface area contributed by atoms with Crippen LogP contribution in [0.25, 0.3) is 0 Å². The molecule has 0 aliphatic heterocycles. The number of rotatable bonds is 2. The molecule has 2 rings (SSSR count). The van der Waals surface area contributed by atoms with Gasteiger partial charge >= 0.3 is 6.03 Å². The summed E-state index contributed by atoms with van der Waals surface area (Å²) in [6.07, 6.45) is 0. The summed E-state index contributed by atoms with van der Waals surface area (Å²) in [5.74, 6) is 0.391. The highest BCUT2D eigenvalue weighted by atomic mass is 79.9. The number of furan rings is 1. The van der Waals surface area contributed by atoms with Crippen molar-refractivity contribution < 1.29 is 9.21 Å². The first-order valence-corrected chi connectivity index (χ1v) is 7.08. The van der Waals surface area contributed by atoms with Crippen molar-refractivity contribution in [1.29, 1.82) is 0 Å². The van der Waals surface area contributed by atoms with Crippen molar-refractivity contribution in [3.8, 4) is 0 Å². The van der Waals surface area contributed by atoms with Crippen molar-refractivity contribution in [2.75, 3.05) is 10.6 Å². The molecule has 1 aromatic heterocycles. The molecule has 0 bridgehead atoms. The van der Waals surface area contributed by atoms with Gasteiger partial charge in [-0.15, -0.1) is 0 Å². The molecule has 0 aliphatic carbocycles. The number of nitrogens with one attached hydrogen (secondary N) is 2. The quantitative estimate of drug-likeness (QED) is 0.812. The molecule has 4 nitrogen and oxygen atoms in total. The Labute approximate surface area is 126 Å². The van der Waals surface area contributed by atoms with Crippen molar-refractivity contribution in [2.45, 2.75) is 26.2 Å². The average Bonchev–Trinajstić information content (AvgIpc) is 2.73. The predicted octanol–water partition coefficient (Wildman–Crippen LogP) is 4.98. The molecule has 1 aromatic carbocycles. The van der Waals surface area contributed by atoms with Crippen LogP contribution in [0.1, 0.15) is 26.3 Å². The fourth-order valence-corrected chi connectivity index (χ4v) is 2.20. The second-order valence-corrected chi connectivity index (χ2v) is 6.26. The summed E-state index contributed by atoms with van der Waals surface area (Å²) in [6.45, 7) is 6.32. The van der Waals surface area contributed by atoms with Gasteiger partial charge in [0.25, 0.3) is 0 Å². The lowest BCUT2D eigenvalue weighted by atomic mass is 9.86. The Morgan fingerprint density at radius 3 is 2.40 bits per heavy atom. The molecule has 0 saturated heterocycles. The van der Waals surface area contributed by atoms with Gasteiger partial charge in [-0.3, -0.25) is 5.32 Å². The third-order valence-electron chi connectivity index (χ3n) is 2.79. The van der Waals surface area contributed by atoms with Crippen molar-refractivity contribution in [3.05, 3.63) is 46.6 Å². The van der Waals surface area contributed by atoms with E-state index in [1.165, 1.54) is 0 Å². The van der Waals surface area contributed by atoms with Crippen LogP contribution in [-0.4, -0.2) is 6.03 Å². The first-order chi connectivity index (χ1) is 9.36. The Bertz CT molecular complexity index is 614. The Kier molecular flexibility index (Phi) is 4.18. The van der Waals surface area contributed by atoms with E-state index in [1.807, 2.05) is 24.3 Å². The number of carbonyl (C=O) groups excluding carboxylic acids is 1. The van der Waals surface area contributed by atoms with Crippen LogP contribution in [-0.2, 0) is 5.41 Å². The van der Waals surface area contributed by atoms with Crippen LogP contribution in [0, 0.1) is 0 Å². The fourth-order valence-electron chi connectivity index (χ4n) is 1.89. The molecular weight excluding hydrogens is 320 g/mol. The zero-order chi connectivity index (χ0) is 14.8. The molecule has 5 heteroatoms. The number of halogens is 1. The number of carbonyl (C=O) groups is 1. The third kappa shape index (κ3) is 3.63. The van der Waals surface area contributed by atoms with Gasteiger partial charge in [0.2, 0.25) is 5.88 Å². The first-order valence-electron chi connectivity index (χ1n) is 6.29. The van der Waals surface area contributed by atoms with E-state index < -0.39 is 0 Å². The van der Waals surface area contributed by atoms with E-state index in [2.05, 4.69) is 47.3 Å². The highest BCUT2D eigenvalue weighted by molar-refractivity contribution is 9.10. The molecule has 20 heavy (non-hydrogen) atoms. The van der Waals surface area contributed by atoms with E-state index in [0.29, 0.717) is 10.6 Å².